The van der Waals surface area contributed by atoms with Crippen molar-refractivity contribution in [2.45, 2.75) is 12.6 Å². The van der Waals surface area contributed by atoms with E-state index < -0.39 is 0 Å². The first-order valence-corrected chi connectivity index (χ1v) is 3.20. The van der Waals surface area contributed by atoms with Crippen LogP contribution in [0.25, 0.3) is 0 Å². The molecule has 0 spiro atoms. The smallest absolute Gasteiger partial charge is 0.0746 e. The second-order valence-electron chi connectivity index (χ2n) is 2.36. The van der Waals surface area contributed by atoms with Crippen molar-refractivity contribution in [3.05, 3.63) is 0 Å². The maximum Gasteiger partial charge on any atom is 0.0746 e. The number of nitrogens with one attached hydrogen (secondary N) is 2. The van der Waals surface area contributed by atoms with Gasteiger partial charge in [-0.25, -0.2) is 5.01 Å². The zero-order valence-electron chi connectivity index (χ0n) is 4.85. The summed E-state index contributed by atoms with van der Waals surface area (Å²) in [6.07, 6.45) is 1.91. The first-order valence-electron chi connectivity index (χ1n) is 3.20. The largest absolute Gasteiger partial charge is 0.299 e. The van der Waals surface area contributed by atoms with Crippen molar-refractivity contribution in [3.8, 4) is 0 Å². The van der Waals surface area contributed by atoms with Crippen molar-refractivity contribution in [1.29, 1.82) is 0 Å². The molecule has 0 aliphatic carbocycles. The maximum absolute atomic E-state index is 3.38. The van der Waals surface area contributed by atoms with E-state index in [2.05, 4.69) is 15.8 Å². The zero-order valence-corrected chi connectivity index (χ0v) is 4.85. The summed E-state index contributed by atoms with van der Waals surface area (Å²) >= 11 is 0. The number of nitrogens with zero attached hydrogens (tertiary/aromatic N) is 1. The normalized spacial score (nSPS) is 38.2. The lowest BCUT2D eigenvalue weighted by Gasteiger charge is -2.11. The molecule has 0 saturated carbocycles. The van der Waals surface area contributed by atoms with Gasteiger partial charge in [0.05, 0.1) is 6.17 Å². The van der Waals surface area contributed by atoms with Crippen molar-refractivity contribution >= 4 is 0 Å². The quantitative estimate of drug-likeness (QED) is 0.427. The van der Waals surface area contributed by atoms with Crippen LogP contribution >= 0.6 is 0 Å². The summed E-state index contributed by atoms with van der Waals surface area (Å²) in [7, 11) is 0. The summed E-state index contributed by atoms with van der Waals surface area (Å²) in [6, 6.07) is 0. The molecule has 0 aromatic heterocycles. The van der Waals surface area contributed by atoms with Gasteiger partial charge in [0.2, 0.25) is 0 Å². The Morgan fingerprint density at radius 1 is 1.38 bits per heavy atom. The van der Waals surface area contributed by atoms with E-state index in [4.69, 9.17) is 0 Å². The molecule has 2 rings (SSSR count). The van der Waals surface area contributed by atoms with Gasteiger partial charge < -0.3 is 0 Å². The summed E-state index contributed by atoms with van der Waals surface area (Å²) in [4.78, 5) is 0. The van der Waals surface area contributed by atoms with E-state index in [1.54, 1.807) is 0 Å². The fourth-order valence-electron chi connectivity index (χ4n) is 1.41. The number of hydrogen-bond donors (Lipinski definition) is 2. The highest BCUT2D eigenvalue weighted by molar-refractivity contribution is 4.80. The Balaban J connectivity index is 2.04. The first-order chi connectivity index (χ1) is 3.97. The Morgan fingerprint density at radius 3 is 3.25 bits per heavy atom. The van der Waals surface area contributed by atoms with Gasteiger partial charge in [-0.15, -0.1) is 0 Å². The molecule has 3 nitrogen and oxygen atoms in total. The highest BCUT2D eigenvalue weighted by Gasteiger charge is 2.27. The Kier molecular flexibility index (Phi) is 0.997. The monoisotopic (exact) mass is 113 g/mol. The summed E-state index contributed by atoms with van der Waals surface area (Å²) in [6.45, 7) is 3.47. The highest BCUT2D eigenvalue weighted by Crippen LogP contribution is 2.08. The summed E-state index contributed by atoms with van der Waals surface area (Å²) in [5, 5.41) is 5.66. The van der Waals surface area contributed by atoms with Gasteiger partial charge >= 0.3 is 0 Å². The van der Waals surface area contributed by atoms with Crippen LogP contribution in [0.3, 0.4) is 0 Å². The van der Waals surface area contributed by atoms with Crippen LogP contribution in [0, 0.1) is 0 Å². The van der Waals surface area contributed by atoms with Crippen molar-refractivity contribution in [2.24, 2.45) is 0 Å². The lowest BCUT2D eigenvalue weighted by atomic mass is 10.4. The molecular weight excluding hydrogens is 102 g/mol. The minimum Gasteiger partial charge on any atom is -0.299 e. The molecule has 0 bridgehead atoms. The number of fused-ring (bicyclic) bond motifs is 1. The van der Waals surface area contributed by atoms with E-state index >= 15 is 0 Å². The van der Waals surface area contributed by atoms with Gasteiger partial charge in [-0.1, -0.05) is 0 Å². The molecule has 1 unspecified atom stereocenters. The molecule has 8 heavy (non-hydrogen) atoms. The van der Waals surface area contributed by atoms with Crippen LogP contribution in [0.5, 0.6) is 0 Å². The summed E-state index contributed by atoms with van der Waals surface area (Å²) in [5.41, 5.74) is 3.29. The minimum absolute atomic E-state index is 0.648. The second-order valence-corrected chi connectivity index (χ2v) is 2.36. The molecule has 0 aromatic rings. The fraction of sp³-hybridized carbons (Fsp3) is 1.00. The molecule has 2 saturated heterocycles. The van der Waals surface area contributed by atoms with Crippen LogP contribution in [0.2, 0.25) is 0 Å². The van der Waals surface area contributed by atoms with Crippen LogP contribution in [0.1, 0.15) is 6.42 Å². The third-order valence-corrected chi connectivity index (χ3v) is 1.84. The maximum atomic E-state index is 3.38. The molecule has 0 aromatic carbocycles. The Morgan fingerprint density at radius 2 is 2.38 bits per heavy atom. The van der Waals surface area contributed by atoms with Crippen LogP contribution in [-0.4, -0.2) is 30.8 Å². The van der Waals surface area contributed by atoms with Gasteiger partial charge in [-0.3, -0.25) is 10.7 Å². The molecule has 2 N–H and O–H groups in total. The number of rotatable bonds is 0. The molecule has 3 heteroatoms. The van der Waals surface area contributed by atoms with E-state index in [-0.39, 0.29) is 0 Å². The summed E-state index contributed by atoms with van der Waals surface area (Å²) < 4.78 is 0. The third kappa shape index (κ3) is 0.555. The summed E-state index contributed by atoms with van der Waals surface area (Å²) in [5.74, 6) is 0. The lowest BCUT2D eigenvalue weighted by Crippen LogP contribution is -2.35. The fourth-order valence-corrected chi connectivity index (χ4v) is 1.41. The van der Waals surface area contributed by atoms with Crippen LogP contribution in [-0.2, 0) is 0 Å². The molecule has 2 aliphatic heterocycles. The molecule has 0 radical (unpaired) electrons. The van der Waals surface area contributed by atoms with Crippen LogP contribution in [0.4, 0.5) is 0 Å². The van der Waals surface area contributed by atoms with Crippen LogP contribution < -0.4 is 10.7 Å². The van der Waals surface area contributed by atoms with E-state index in [0.717, 1.165) is 13.1 Å². The van der Waals surface area contributed by atoms with E-state index in [9.17, 15) is 0 Å². The lowest BCUT2D eigenvalue weighted by molar-refractivity contribution is 0.236. The van der Waals surface area contributed by atoms with Crippen molar-refractivity contribution in [1.82, 2.24) is 15.8 Å². The van der Waals surface area contributed by atoms with Crippen molar-refractivity contribution < 1.29 is 0 Å². The van der Waals surface area contributed by atoms with E-state index in [1.165, 1.54) is 13.0 Å². The number of hydrazine groups is 1. The SMILES string of the molecule is C1CN2NCCC2N1. The average Bonchev–Trinajstić information content (AvgIpc) is 2.15. The zero-order chi connectivity index (χ0) is 5.40. The van der Waals surface area contributed by atoms with Gasteiger partial charge in [0.1, 0.15) is 0 Å². The van der Waals surface area contributed by atoms with E-state index in [1.807, 2.05) is 0 Å². The van der Waals surface area contributed by atoms with Gasteiger partial charge in [-0.05, 0) is 6.42 Å². The Labute approximate surface area is 49.0 Å². The van der Waals surface area contributed by atoms with Gasteiger partial charge in [-0.2, -0.15) is 0 Å². The Hall–Kier alpha value is -0.120. The molecule has 1 atom stereocenters. The number of hydrogen-bond acceptors (Lipinski definition) is 3. The minimum atomic E-state index is 0.648. The van der Waals surface area contributed by atoms with Crippen molar-refractivity contribution in [3.63, 3.8) is 0 Å². The molecule has 46 valence electrons. The predicted molar refractivity (Wildman–Crippen MR) is 31.1 cm³/mol. The molecule has 2 heterocycles. The third-order valence-electron chi connectivity index (χ3n) is 1.84. The molecule has 2 aliphatic rings. The highest BCUT2D eigenvalue weighted by atomic mass is 15.6. The second kappa shape index (κ2) is 1.69. The van der Waals surface area contributed by atoms with E-state index in [0.29, 0.717) is 6.17 Å². The van der Waals surface area contributed by atoms with Gasteiger partial charge in [0, 0.05) is 19.6 Å². The van der Waals surface area contributed by atoms with Crippen LogP contribution in [0.15, 0.2) is 0 Å². The predicted octanol–water partition coefficient (Wildman–Crippen LogP) is -0.874. The Bertz CT molecular complexity index is 73.7. The van der Waals surface area contributed by atoms with Gasteiger partial charge in [0.15, 0.2) is 0 Å². The standard InChI is InChI=1S/C5H11N3/c1-2-7-8-4-3-6-5(1)8/h5-7H,1-4H2. The topological polar surface area (TPSA) is 27.3 Å². The molecular formula is C5H11N3. The molecule has 0 amide bonds. The molecule has 2 fully saturated rings. The van der Waals surface area contributed by atoms with Gasteiger partial charge in [0.25, 0.3) is 0 Å². The average molecular weight is 113 g/mol. The van der Waals surface area contributed by atoms with Crippen molar-refractivity contribution in [2.75, 3.05) is 19.6 Å². The first kappa shape index (κ1) is 4.73.